The summed E-state index contributed by atoms with van der Waals surface area (Å²) in [5, 5.41) is 12.0. The molecule has 152 valence electrons. The van der Waals surface area contributed by atoms with Gasteiger partial charge in [-0.05, 0) is 50.9 Å². The van der Waals surface area contributed by atoms with Crippen molar-refractivity contribution in [3.63, 3.8) is 0 Å². The SMILES string of the molecule is COC(=O)C1CCN(c2cc(C#N)ccn2)CC1.COC(=O)C1CCNCC1. The molecular weight excluding hydrogens is 360 g/mol. The van der Waals surface area contributed by atoms with Gasteiger partial charge in [0.25, 0.3) is 0 Å². The zero-order valence-electron chi connectivity index (χ0n) is 16.5. The lowest BCUT2D eigenvalue weighted by atomic mass is 9.97. The topological polar surface area (TPSA) is 105 Å². The zero-order valence-corrected chi connectivity index (χ0v) is 16.5. The van der Waals surface area contributed by atoms with Crippen molar-refractivity contribution in [1.29, 1.82) is 5.26 Å². The van der Waals surface area contributed by atoms with Gasteiger partial charge in [-0.3, -0.25) is 9.59 Å². The molecule has 0 amide bonds. The van der Waals surface area contributed by atoms with Crippen molar-refractivity contribution in [2.45, 2.75) is 25.7 Å². The number of piperidine rings is 2. The highest BCUT2D eigenvalue weighted by Gasteiger charge is 2.26. The number of aromatic nitrogens is 1. The summed E-state index contributed by atoms with van der Waals surface area (Å²) >= 11 is 0. The molecule has 0 spiro atoms. The number of nitrogens with zero attached hydrogens (tertiary/aromatic N) is 3. The highest BCUT2D eigenvalue weighted by Crippen LogP contribution is 2.23. The molecule has 1 aromatic rings. The number of esters is 2. The predicted octanol–water partition coefficient (Wildman–Crippen LogP) is 1.50. The van der Waals surface area contributed by atoms with E-state index in [1.165, 1.54) is 14.2 Å². The van der Waals surface area contributed by atoms with Crippen molar-refractivity contribution in [3.8, 4) is 6.07 Å². The van der Waals surface area contributed by atoms with Crippen LogP contribution in [0, 0.1) is 23.2 Å². The molecule has 2 fully saturated rings. The van der Waals surface area contributed by atoms with E-state index in [1.807, 2.05) is 0 Å². The van der Waals surface area contributed by atoms with Crippen molar-refractivity contribution in [1.82, 2.24) is 10.3 Å². The van der Waals surface area contributed by atoms with Gasteiger partial charge in [-0.2, -0.15) is 5.26 Å². The summed E-state index contributed by atoms with van der Waals surface area (Å²) in [6.07, 6.45) is 5.02. The molecule has 3 heterocycles. The molecule has 0 aliphatic carbocycles. The molecule has 2 aliphatic heterocycles. The molecule has 0 aromatic carbocycles. The summed E-state index contributed by atoms with van der Waals surface area (Å²) in [5.41, 5.74) is 0.607. The Kier molecular flexibility index (Phi) is 8.69. The summed E-state index contributed by atoms with van der Waals surface area (Å²) in [7, 11) is 2.87. The molecule has 0 bridgehead atoms. The third-order valence-corrected chi connectivity index (χ3v) is 5.10. The maximum atomic E-state index is 11.4. The molecule has 0 unspecified atom stereocenters. The summed E-state index contributed by atoms with van der Waals surface area (Å²) in [6.45, 7) is 3.42. The Balaban J connectivity index is 0.000000237. The molecule has 3 rings (SSSR count). The van der Waals surface area contributed by atoms with Gasteiger partial charge in [0.1, 0.15) is 5.82 Å². The molecule has 0 saturated carbocycles. The quantitative estimate of drug-likeness (QED) is 0.777. The molecule has 1 N–H and O–H groups in total. The van der Waals surface area contributed by atoms with E-state index in [4.69, 9.17) is 10.00 Å². The molecule has 2 aliphatic rings. The fourth-order valence-electron chi connectivity index (χ4n) is 3.40. The number of hydrogen-bond acceptors (Lipinski definition) is 8. The fourth-order valence-corrected chi connectivity index (χ4v) is 3.40. The smallest absolute Gasteiger partial charge is 0.308 e. The maximum absolute atomic E-state index is 11.4. The fraction of sp³-hybridized carbons (Fsp3) is 0.600. The van der Waals surface area contributed by atoms with E-state index in [9.17, 15) is 9.59 Å². The number of nitriles is 1. The Morgan fingerprint density at radius 1 is 1.11 bits per heavy atom. The van der Waals surface area contributed by atoms with Crippen molar-refractivity contribution in [3.05, 3.63) is 23.9 Å². The second kappa shape index (κ2) is 11.2. The molecule has 0 radical (unpaired) electrons. The second-order valence-electron chi connectivity index (χ2n) is 6.85. The van der Waals surface area contributed by atoms with Crippen LogP contribution in [-0.2, 0) is 19.1 Å². The number of hydrogen-bond donors (Lipinski definition) is 1. The van der Waals surface area contributed by atoms with Crippen molar-refractivity contribution >= 4 is 17.8 Å². The lowest BCUT2D eigenvalue weighted by Crippen LogP contribution is -2.37. The van der Waals surface area contributed by atoms with Gasteiger partial charge in [0.2, 0.25) is 0 Å². The Hall–Kier alpha value is -2.66. The first kappa shape index (κ1) is 21.6. The first-order chi connectivity index (χ1) is 13.6. The first-order valence-corrected chi connectivity index (χ1v) is 9.56. The summed E-state index contributed by atoms with van der Waals surface area (Å²) in [4.78, 5) is 28.7. The van der Waals surface area contributed by atoms with Crippen LogP contribution < -0.4 is 10.2 Å². The number of methoxy groups -OCH3 is 2. The Morgan fingerprint density at radius 3 is 2.21 bits per heavy atom. The van der Waals surface area contributed by atoms with Gasteiger partial charge >= 0.3 is 11.9 Å². The van der Waals surface area contributed by atoms with Crippen LogP contribution in [0.3, 0.4) is 0 Å². The van der Waals surface area contributed by atoms with Gasteiger partial charge < -0.3 is 19.7 Å². The molecule has 28 heavy (non-hydrogen) atoms. The number of ether oxygens (including phenoxy) is 2. The Bertz CT molecular complexity index is 690. The van der Waals surface area contributed by atoms with Crippen LogP contribution in [0.25, 0.3) is 0 Å². The zero-order chi connectivity index (χ0) is 20.4. The lowest BCUT2D eigenvalue weighted by Gasteiger charge is -2.31. The van der Waals surface area contributed by atoms with E-state index in [2.05, 4.69) is 26.0 Å². The third-order valence-electron chi connectivity index (χ3n) is 5.10. The van der Waals surface area contributed by atoms with E-state index in [0.29, 0.717) is 5.56 Å². The van der Waals surface area contributed by atoms with Crippen LogP contribution in [-0.4, -0.2) is 57.3 Å². The first-order valence-electron chi connectivity index (χ1n) is 9.56. The number of carbonyl (C=O) groups is 2. The molecule has 8 heteroatoms. The van der Waals surface area contributed by atoms with Gasteiger partial charge in [0.05, 0.1) is 37.7 Å². The average molecular weight is 388 g/mol. The maximum Gasteiger partial charge on any atom is 0.308 e. The van der Waals surface area contributed by atoms with E-state index in [-0.39, 0.29) is 23.8 Å². The van der Waals surface area contributed by atoms with Crippen LogP contribution >= 0.6 is 0 Å². The normalized spacial score (nSPS) is 17.7. The standard InChI is InChI=1S/C13H15N3O2.C7H13NO2/c1-18-13(17)11-3-6-16(7-4-11)12-8-10(9-14)2-5-15-12;1-10-7(9)6-2-4-8-5-3-6/h2,5,8,11H,3-4,6-7H2,1H3;6,8H,2-5H2,1H3. The van der Waals surface area contributed by atoms with Crippen molar-refractivity contribution in [2.24, 2.45) is 11.8 Å². The molecule has 0 atom stereocenters. The minimum atomic E-state index is -0.131. The molecule has 8 nitrogen and oxygen atoms in total. The number of rotatable bonds is 3. The third kappa shape index (κ3) is 6.20. The minimum Gasteiger partial charge on any atom is -0.469 e. The van der Waals surface area contributed by atoms with E-state index in [0.717, 1.165) is 57.7 Å². The van der Waals surface area contributed by atoms with Crippen molar-refractivity contribution in [2.75, 3.05) is 45.3 Å². The van der Waals surface area contributed by atoms with Gasteiger partial charge in [-0.1, -0.05) is 0 Å². The predicted molar refractivity (Wildman–Crippen MR) is 104 cm³/mol. The van der Waals surface area contributed by atoms with Gasteiger partial charge in [-0.25, -0.2) is 4.98 Å². The molecule has 1 aromatic heterocycles. The number of pyridine rings is 1. The van der Waals surface area contributed by atoms with E-state index < -0.39 is 0 Å². The lowest BCUT2D eigenvalue weighted by molar-refractivity contribution is -0.147. The molecule has 2 saturated heterocycles. The van der Waals surface area contributed by atoms with Gasteiger partial charge in [0.15, 0.2) is 0 Å². The average Bonchev–Trinajstić information content (AvgIpc) is 2.79. The number of anilines is 1. The molecular formula is C20H28N4O4. The highest BCUT2D eigenvalue weighted by atomic mass is 16.5. The van der Waals surface area contributed by atoms with Crippen LogP contribution in [0.1, 0.15) is 31.2 Å². The number of nitrogens with one attached hydrogen (secondary N) is 1. The van der Waals surface area contributed by atoms with Crippen LogP contribution in [0.15, 0.2) is 18.3 Å². The Morgan fingerprint density at radius 2 is 1.68 bits per heavy atom. The summed E-state index contributed by atoms with van der Waals surface area (Å²) in [6, 6.07) is 5.56. The van der Waals surface area contributed by atoms with E-state index >= 15 is 0 Å². The Labute approximate surface area is 165 Å². The van der Waals surface area contributed by atoms with Crippen LogP contribution in [0.4, 0.5) is 5.82 Å². The second-order valence-corrected chi connectivity index (χ2v) is 6.85. The summed E-state index contributed by atoms with van der Waals surface area (Å²) in [5.74, 6) is 0.754. The van der Waals surface area contributed by atoms with E-state index in [1.54, 1.807) is 18.3 Å². The highest BCUT2D eigenvalue weighted by molar-refractivity contribution is 5.73. The van der Waals surface area contributed by atoms with Gasteiger partial charge in [0, 0.05) is 19.3 Å². The summed E-state index contributed by atoms with van der Waals surface area (Å²) < 4.78 is 9.37. The largest absolute Gasteiger partial charge is 0.469 e. The van der Waals surface area contributed by atoms with Crippen LogP contribution in [0.5, 0.6) is 0 Å². The monoisotopic (exact) mass is 388 g/mol. The number of carbonyl (C=O) groups excluding carboxylic acids is 2. The van der Waals surface area contributed by atoms with Crippen molar-refractivity contribution < 1.29 is 19.1 Å². The minimum absolute atomic E-state index is 0.00889. The van der Waals surface area contributed by atoms with Crippen LogP contribution in [0.2, 0.25) is 0 Å². The van der Waals surface area contributed by atoms with Gasteiger partial charge in [-0.15, -0.1) is 0 Å².